The molecule has 1 aliphatic carbocycles. The van der Waals surface area contributed by atoms with Crippen LogP contribution in [0.5, 0.6) is 11.5 Å². The van der Waals surface area contributed by atoms with Gasteiger partial charge in [0.25, 0.3) is 0 Å². The van der Waals surface area contributed by atoms with Crippen LogP contribution < -0.4 is 113 Å². The van der Waals surface area contributed by atoms with Crippen LogP contribution >= 0.6 is 0 Å². The minimum absolute atomic E-state index is 0. The first-order chi connectivity index (χ1) is 8.61. The summed E-state index contributed by atoms with van der Waals surface area (Å²) in [5.41, 5.74) is -0.243. The second kappa shape index (κ2) is 7.28. The summed E-state index contributed by atoms with van der Waals surface area (Å²) in [5, 5.41) is 23.3. The second-order valence-corrected chi connectivity index (χ2v) is 4.02. The number of benzene rings is 2. The number of hydrogen-bond donors (Lipinski definition) is 0. The predicted molar refractivity (Wildman–Crippen MR) is 58.6 cm³/mol. The molecule has 1 aliphatic rings. The fraction of sp³-hybridized carbons (Fsp3) is 0. The summed E-state index contributed by atoms with van der Waals surface area (Å²) in [6.07, 6.45) is 0. The molecule has 0 aromatic heterocycles. The molecule has 0 unspecified atom stereocenters. The zero-order valence-electron chi connectivity index (χ0n) is 11.1. The Morgan fingerprint density at radius 1 is 0.650 bits per heavy atom. The van der Waals surface area contributed by atoms with Gasteiger partial charge in [0.2, 0.25) is 0 Å². The maximum Gasteiger partial charge on any atom is 1.00 e. The van der Waals surface area contributed by atoms with Crippen molar-refractivity contribution in [1.29, 1.82) is 0 Å². The van der Waals surface area contributed by atoms with Crippen LogP contribution in [0.3, 0.4) is 0 Å². The third-order valence-corrected chi connectivity index (χ3v) is 3.00. The Hall–Kier alpha value is 0.653. The van der Waals surface area contributed by atoms with Crippen molar-refractivity contribution in [2.75, 3.05) is 0 Å². The van der Waals surface area contributed by atoms with Crippen LogP contribution in [0.2, 0.25) is 0 Å². The van der Waals surface area contributed by atoms with E-state index in [0.717, 1.165) is 0 Å². The fourth-order valence-electron chi connectivity index (χ4n) is 2.18. The van der Waals surface area contributed by atoms with E-state index in [0.29, 0.717) is 0 Å². The Kier molecular flexibility index (Phi) is 6.80. The summed E-state index contributed by atoms with van der Waals surface area (Å²) < 4.78 is 0. The third kappa shape index (κ3) is 2.92. The molecule has 0 saturated heterocycles. The van der Waals surface area contributed by atoms with Gasteiger partial charge in [-0.25, -0.2) is 0 Å². The minimum atomic E-state index is -0.553. The molecule has 0 amide bonds. The molecular weight excluding hydrogens is 310 g/mol. The summed E-state index contributed by atoms with van der Waals surface area (Å²) in [5.74, 6) is -2.09. The van der Waals surface area contributed by atoms with E-state index in [4.69, 9.17) is 0 Å². The van der Waals surface area contributed by atoms with Crippen LogP contribution in [0.1, 0.15) is 31.8 Å². The van der Waals surface area contributed by atoms with Gasteiger partial charge in [0.05, 0.1) is 0 Å². The first-order valence-corrected chi connectivity index (χ1v) is 5.30. The van der Waals surface area contributed by atoms with E-state index in [1.807, 2.05) is 0 Å². The van der Waals surface area contributed by atoms with Crippen LogP contribution in [-0.2, 0) is 0 Å². The second-order valence-electron chi connectivity index (χ2n) is 4.02. The summed E-state index contributed by atoms with van der Waals surface area (Å²) in [4.78, 5) is 24.3. The molecule has 2 aromatic rings. The molecule has 4 nitrogen and oxygen atoms in total. The van der Waals surface area contributed by atoms with Gasteiger partial charge in [0.1, 0.15) is 0 Å². The largest absolute Gasteiger partial charge is 1.00 e. The number of fused-ring (bicyclic) bond motifs is 2. The average molecular weight is 316 g/mol. The minimum Gasteiger partial charge on any atom is -0.872 e. The predicted octanol–water partition coefficient (Wildman–Crippen LogP) is -5.38. The standard InChI is InChI=1S/C14H8O4.2K/c15-9-5-1-3-7-11(9)14(18)8-4-2-6-10(16)12(8)13(7)17;;/h1-6,15-16H;;/q;2*+1/p-2. The van der Waals surface area contributed by atoms with Gasteiger partial charge in [-0.05, 0) is 0 Å². The molecule has 20 heavy (non-hydrogen) atoms. The van der Waals surface area contributed by atoms with E-state index in [9.17, 15) is 19.8 Å². The van der Waals surface area contributed by atoms with Crippen molar-refractivity contribution in [3.8, 4) is 11.5 Å². The quantitative estimate of drug-likeness (QED) is 0.388. The van der Waals surface area contributed by atoms with Crippen LogP contribution in [0, 0.1) is 0 Å². The number of rotatable bonds is 0. The van der Waals surface area contributed by atoms with Crippen molar-refractivity contribution in [3.05, 3.63) is 58.7 Å². The van der Waals surface area contributed by atoms with Crippen molar-refractivity contribution in [3.63, 3.8) is 0 Å². The summed E-state index contributed by atoms with van der Waals surface area (Å²) in [6.45, 7) is 0. The SMILES string of the molecule is O=C1c2cccc([O-])c2C(=O)c2cccc([O-])c21.[K+].[K+]. The number of carbonyl (C=O) groups is 2. The topological polar surface area (TPSA) is 80.3 Å². The van der Waals surface area contributed by atoms with Gasteiger partial charge in [0, 0.05) is 22.3 Å². The maximum atomic E-state index is 12.1. The molecule has 6 heteroatoms. The van der Waals surface area contributed by atoms with Gasteiger partial charge in [0.15, 0.2) is 11.6 Å². The molecule has 0 heterocycles. The van der Waals surface area contributed by atoms with E-state index < -0.39 is 23.1 Å². The van der Waals surface area contributed by atoms with Crippen molar-refractivity contribution in [1.82, 2.24) is 0 Å². The van der Waals surface area contributed by atoms with Crippen LogP contribution in [-0.4, -0.2) is 11.6 Å². The summed E-state index contributed by atoms with van der Waals surface area (Å²) in [7, 11) is 0. The zero-order valence-corrected chi connectivity index (χ0v) is 17.3. The summed E-state index contributed by atoms with van der Waals surface area (Å²) in [6, 6.07) is 8.07. The van der Waals surface area contributed by atoms with E-state index in [2.05, 4.69) is 0 Å². The molecule has 0 N–H and O–H groups in total. The van der Waals surface area contributed by atoms with E-state index >= 15 is 0 Å². The van der Waals surface area contributed by atoms with Crippen molar-refractivity contribution < 1.29 is 123 Å². The molecule has 0 bridgehead atoms. The fourth-order valence-corrected chi connectivity index (χ4v) is 2.18. The van der Waals surface area contributed by atoms with Crippen LogP contribution in [0.15, 0.2) is 36.4 Å². The van der Waals surface area contributed by atoms with Crippen molar-refractivity contribution >= 4 is 11.6 Å². The summed E-state index contributed by atoms with van der Waals surface area (Å²) >= 11 is 0. The Morgan fingerprint density at radius 2 is 1.00 bits per heavy atom. The molecule has 0 aliphatic heterocycles. The maximum absolute atomic E-state index is 12.1. The monoisotopic (exact) mass is 316 g/mol. The third-order valence-electron chi connectivity index (χ3n) is 3.00. The van der Waals surface area contributed by atoms with E-state index in [-0.39, 0.29) is 125 Å². The smallest absolute Gasteiger partial charge is 0.872 e. The Bertz CT molecular complexity index is 649. The van der Waals surface area contributed by atoms with Crippen molar-refractivity contribution in [2.24, 2.45) is 0 Å². The van der Waals surface area contributed by atoms with Gasteiger partial charge < -0.3 is 10.2 Å². The first kappa shape index (κ1) is 18.7. The number of hydrogen-bond acceptors (Lipinski definition) is 4. The van der Waals surface area contributed by atoms with Gasteiger partial charge in [-0.15, -0.1) is 0 Å². The molecule has 2 aromatic carbocycles. The first-order valence-electron chi connectivity index (χ1n) is 5.30. The molecule has 0 spiro atoms. The van der Waals surface area contributed by atoms with Gasteiger partial charge in [-0.3, -0.25) is 9.59 Å². The van der Waals surface area contributed by atoms with E-state index in [1.54, 1.807) is 0 Å². The molecule has 0 saturated carbocycles. The Balaban J connectivity index is 0.000001000. The van der Waals surface area contributed by atoms with Gasteiger partial charge in [-0.1, -0.05) is 47.9 Å². The zero-order chi connectivity index (χ0) is 12.9. The molecule has 88 valence electrons. The Morgan fingerprint density at radius 3 is 1.35 bits per heavy atom. The molecular formula is C14H6K2O4. The van der Waals surface area contributed by atoms with Gasteiger partial charge >= 0.3 is 103 Å². The Labute approximate surface area is 200 Å². The van der Waals surface area contributed by atoms with E-state index in [1.165, 1.54) is 36.4 Å². The number of carbonyl (C=O) groups excluding carboxylic acids is 2. The molecule has 0 fully saturated rings. The van der Waals surface area contributed by atoms with Gasteiger partial charge in [-0.2, -0.15) is 0 Å². The average Bonchev–Trinajstić information content (AvgIpc) is 2.35. The van der Waals surface area contributed by atoms with Crippen molar-refractivity contribution in [2.45, 2.75) is 0 Å². The van der Waals surface area contributed by atoms with Crippen LogP contribution in [0.25, 0.3) is 0 Å². The normalized spacial score (nSPS) is 11.8. The molecule has 0 atom stereocenters. The molecule has 0 radical (unpaired) electrons. The molecule has 3 rings (SSSR count). The van der Waals surface area contributed by atoms with Crippen LogP contribution in [0.4, 0.5) is 0 Å². The number of ketones is 2.